The van der Waals surface area contributed by atoms with Gasteiger partial charge in [0.15, 0.2) is 0 Å². The summed E-state index contributed by atoms with van der Waals surface area (Å²) < 4.78 is 37.2. The number of pyridine rings is 1. The number of aliphatic hydroxyl groups excluding tert-OH is 1. The van der Waals surface area contributed by atoms with E-state index in [4.69, 9.17) is 10.2 Å². The third kappa shape index (κ3) is 3.91. The normalized spacial score (nSPS) is 11.3. The number of hydrogen-bond acceptors (Lipinski definition) is 3. The Bertz CT molecular complexity index is 420. The monoisotopic (exact) mass is 250 g/mol. The van der Waals surface area contributed by atoms with Gasteiger partial charge in [0.2, 0.25) is 0 Å². The predicted octanol–water partition coefficient (Wildman–Crippen LogP) is 1.36. The molecule has 1 rings (SSSR count). The lowest BCUT2D eigenvalue weighted by molar-refractivity contribution is -0.141. The second-order valence-electron chi connectivity index (χ2n) is 3.17. The predicted molar refractivity (Wildman–Crippen MR) is 50.0 cm³/mol. The van der Waals surface area contributed by atoms with Gasteiger partial charge >= 0.3 is 12.3 Å². The second-order valence-corrected chi connectivity index (χ2v) is 3.17. The van der Waals surface area contributed by atoms with Gasteiger partial charge in [0, 0.05) is 6.54 Å². The molecule has 0 aliphatic heterocycles. The molecular formula is C9H9F3N2O3. The Morgan fingerprint density at radius 2 is 2.06 bits per heavy atom. The number of carbonyl (C=O) groups is 1. The number of halogens is 3. The number of carboxylic acid groups (broad SMARTS) is 1. The molecule has 17 heavy (non-hydrogen) atoms. The van der Waals surface area contributed by atoms with E-state index in [0.717, 1.165) is 6.07 Å². The van der Waals surface area contributed by atoms with Crippen LogP contribution in [-0.2, 0) is 19.3 Å². The number of amides is 1. The molecule has 0 saturated heterocycles. The lowest BCUT2D eigenvalue weighted by Gasteiger charge is -2.10. The van der Waals surface area contributed by atoms with E-state index in [2.05, 4.69) is 4.98 Å². The van der Waals surface area contributed by atoms with Crippen LogP contribution in [-0.4, -0.2) is 21.3 Å². The molecule has 0 fully saturated rings. The van der Waals surface area contributed by atoms with Gasteiger partial charge in [0.05, 0.1) is 12.3 Å². The highest BCUT2D eigenvalue weighted by Crippen LogP contribution is 2.28. The van der Waals surface area contributed by atoms with E-state index in [1.54, 1.807) is 0 Å². The number of hydrogen-bond donors (Lipinski definition) is 3. The SMILES string of the molecule is O=C(O)NCc1cc(CO)nc(C(F)(F)F)c1. The van der Waals surface area contributed by atoms with E-state index >= 15 is 0 Å². The minimum Gasteiger partial charge on any atom is -0.465 e. The number of alkyl halides is 3. The van der Waals surface area contributed by atoms with Crippen LogP contribution >= 0.6 is 0 Å². The van der Waals surface area contributed by atoms with Crippen molar-refractivity contribution in [3.8, 4) is 0 Å². The summed E-state index contributed by atoms with van der Waals surface area (Å²) in [6, 6.07) is 1.93. The Morgan fingerprint density at radius 1 is 1.41 bits per heavy atom. The average molecular weight is 250 g/mol. The highest BCUT2D eigenvalue weighted by atomic mass is 19.4. The van der Waals surface area contributed by atoms with Crippen molar-refractivity contribution < 1.29 is 28.2 Å². The Kier molecular flexibility index (Phi) is 3.89. The maximum atomic E-state index is 12.4. The van der Waals surface area contributed by atoms with Gasteiger partial charge in [0.25, 0.3) is 0 Å². The van der Waals surface area contributed by atoms with Gasteiger partial charge in [0.1, 0.15) is 5.69 Å². The van der Waals surface area contributed by atoms with E-state index in [0.29, 0.717) is 0 Å². The highest BCUT2D eigenvalue weighted by Gasteiger charge is 2.33. The lowest BCUT2D eigenvalue weighted by atomic mass is 10.2. The molecule has 1 amide bonds. The fourth-order valence-corrected chi connectivity index (χ4v) is 1.16. The van der Waals surface area contributed by atoms with Crippen molar-refractivity contribution in [2.45, 2.75) is 19.3 Å². The number of nitrogens with one attached hydrogen (secondary N) is 1. The Hall–Kier alpha value is -1.83. The molecule has 1 aromatic rings. The summed E-state index contributed by atoms with van der Waals surface area (Å²) in [5.41, 5.74) is -1.24. The summed E-state index contributed by atoms with van der Waals surface area (Å²) in [6.45, 7) is -0.933. The summed E-state index contributed by atoms with van der Waals surface area (Å²) in [5, 5.41) is 19.0. The van der Waals surface area contributed by atoms with Gasteiger partial charge in [-0.15, -0.1) is 0 Å². The topological polar surface area (TPSA) is 82.5 Å². The molecule has 5 nitrogen and oxygen atoms in total. The third-order valence-electron chi connectivity index (χ3n) is 1.83. The molecule has 0 spiro atoms. The number of aromatic nitrogens is 1. The first-order chi connectivity index (χ1) is 7.82. The van der Waals surface area contributed by atoms with Crippen LogP contribution in [0.2, 0.25) is 0 Å². The first-order valence-corrected chi connectivity index (χ1v) is 4.47. The van der Waals surface area contributed by atoms with Crippen LogP contribution in [0.5, 0.6) is 0 Å². The van der Waals surface area contributed by atoms with E-state index in [9.17, 15) is 18.0 Å². The van der Waals surface area contributed by atoms with Crippen molar-refractivity contribution in [3.63, 3.8) is 0 Å². The van der Waals surface area contributed by atoms with Gasteiger partial charge in [-0.1, -0.05) is 0 Å². The molecule has 0 saturated carbocycles. The minimum atomic E-state index is -4.64. The summed E-state index contributed by atoms with van der Waals surface area (Å²) in [7, 11) is 0. The van der Waals surface area contributed by atoms with Gasteiger partial charge in [-0.05, 0) is 17.7 Å². The molecule has 0 radical (unpaired) electrons. The fourth-order valence-electron chi connectivity index (χ4n) is 1.16. The van der Waals surface area contributed by atoms with Crippen molar-refractivity contribution >= 4 is 6.09 Å². The third-order valence-corrected chi connectivity index (χ3v) is 1.83. The molecule has 8 heteroatoms. The molecule has 0 atom stereocenters. The van der Waals surface area contributed by atoms with Crippen molar-refractivity contribution in [1.29, 1.82) is 0 Å². The molecule has 94 valence electrons. The summed E-state index contributed by atoms with van der Waals surface area (Å²) in [6.07, 6.45) is -5.98. The van der Waals surface area contributed by atoms with Gasteiger partial charge in [-0.3, -0.25) is 0 Å². The van der Waals surface area contributed by atoms with Crippen LogP contribution in [0.1, 0.15) is 17.0 Å². The first-order valence-electron chi connectivity index (χ1n) is 4.47. The van der Waals surface area contributed by atoms with Crippen molar-refractivity contribution in [1.82, 2.24) is 10.3 Å². The van der Waals surface area contributed by atoms with E-state index in [1.165, 1.54) is 6.07 Å². The summed E-state index contributed by atoms with van der Waals surface area (Å²) >= 11 is 0. The quantitative estimate of drug-likeness (QED) is 0.756. The molecule has 0 unspecified atom stereocenters. The summed E-state index contributed by atoms with van der Waals surface area (Å²) in [5.74, 6) is 0. The van der Waals surface area contributed by atoms with Crippen LogP contribution in [0.4, 0.5) is 18.0 Å². The lowest BCUT2D eigenvalue weighted by Crippen LogP contribution is -2.21. The zero-order valence-electron chi connectivity index (χ0n) is 8.45. The van der Waals surface area contributed by atoms with Gasteiger partial charge in [-0.2, -0.15) is 13.2 Å². The number of nitrogens with zero attached hydrogens (tertiary/aromatic N) is 1. The highest BCUT2D eigenvalue weighted by molar-refractivity contribution is 5.64. The fraction of sp³-hybridized carbons (Fsp3) is 0.333. The smallest absolute Gasteiger partial charge is 0.433 e. The van der Waals surface area contributed by atoms with Gasteiger partial charge in [-0.25, -0.2) is 9.78 Å². The molecule has 1 aromatic heterocycles. The number of rotatable bonds is 3. The van der Waals surface area contributed by atoms with Crippen LogP contribution in [0, 0.1) is 0 Å². The summed E-state index contributed by atoms with van der Waals surface area (Å²) in [4.78, 5) is 13.4. The minimum absolute atomic E-state index is 0.0822. The Morgan fingerprint density at radius 3 is 2.53 bits per heavy atom. The maximum Gasteiger partial charge on any atom is 0.433 e. The molecule has 3 N–H and O–H groups in total. The second kappa shape index (κ2) is 5.00. The number of aliphatic hydroxyl groups is 1. The zero-order valence-corrected chi connectivity index (χ0v) is 8.45. The average Bonchev–Trinajstić information content (AvgIpc) is 2.24. The largest absolute Gasteiger partial charge is 0.465 e. The van der Waals surface area contributed by atoms with Crippen LogP contribution in [0.25, 0.3) is 0 Å². The van der Waals surface area contributed by atoms with Crippen LogP contribution < -0.4 is 5.32 Å². The maximum absolute atomic E-state index is 12.4. The van der Waals surface area contributed by atoms with E-state index in [1.807, 2.05) is 5.32 Å². The molecule has 1 heterocycles. The van der Waals surface area contributed by atoms with Crippen molar-refractivity contribution in [2.24, 2.45) is 0 Å². The Labute approximate surface area is 93.9 Å². The standard InChI is InChI=1S/C9H9F3N2O3/c10-9(11,12)7-2-5(3-13-8(16)17)1-6(4-15)14-7/h1-2,13,15H,3-4H2,(H,16,17). The van der Waals surface area contributed by atoms with Crippen LogP contribution in [0.15, 0.2) is 12.1 Å². The van der Waals surface area contributed by atoms with E-state index in [-0.39, 0.29) is 17.8 Å². The van der Waals surface area contributed by atoms with Crippen molar-refractivity contribution in [2.75, 3.05) is 0 Å². The van der Waals surface area contributed by atoms with E-state index < -0.39 is 24.6 Å². The zero-order chi connectivity index (χ0) is 13.1. The molecule has 0 aliphatic carbocycles. The molecule has 0 aliphatic rings. The van der Waals surface area contributed by atoms with Crippen molar-refractivity contribution in [3.05, 3.63) is 29.1 Å². The Balaban J connectivity index is 3.01. The molecule has 0 aromatic carbocycles. The molecule has 0 bridgehead atoms. The first kappa shape index (κ1) is 13.2. The van der Waals surface area contributed by atoms with Gasteiger partial charge < -0.3 is 15.5 Å². The molecular weight excluding hydrogens is 241 g/mol. The van der Waals surface area contributed by atoms with Crippen LogP contribution in [0.3, 0.4) is 0 Å².